The molecule has 0 unspecified atom stereocenters. The Balaban J connectivity index is 2.15. The molecular weight excluding hydrogens is 246 g/mol. The number of carbonyl (C=O) groups excluding carboxylic acids is 1. The van der Waals surface area contributed by atoms with Crippen molar-refractivity contribution in [3.8, 4) is 0 Å². The van der Waals surface area contributed by atoms with Crippen LogP contribution in [-0.4, -0.2) is 29.0 Å². The maximum atomic E-state index is 11.8. The van der Waals surface area contributed by atoms with Crippen molar-refractivity contribution in [3.05, 3.63) is 35.9 Å². The summed E-state index contributed by atoms with van der Waals surface area (Å²) in [4.78, 5) is 14.7. The molecule has 1 aromatic carbocycles. The molecule has 1 saturated heterocycles. The van der Waals surface area contributed by atoms with Crippen LogP contribution in [0.25, 0.3) is 0 Å². The molecule has 0 amide bonds. The first-order chi connectivity index (χ1) is 8.72. The largest absolute Gasteiger partial charge is 0.467 e. The molecule has 1 atom stereocenters. The average Bonchev–Trinajstić information content (AvgIpc) is 2.41. The van der Waals surface area contributed by atoms with Crippen molar-refractivity contribution in [1.82, 2.24) is 4.90 Å². The number of hydrogen-bond acceptors (Lipinski definition) is 3. The quantitative estimate of drug-likeness (QED) is 0.619. The van der Waals surface area contributed by atoms with Crippen LogP contribution in [0.15, 0.2) is 30.3 Å². The highest BCUT2D eigenvalue weighted by molar-refractivity contribution is 7.80. The summed E-state index contributed by atoms with van der Waals surface area (Å²) in [5, 5.41) is 0. The molecule has 0 bridgehead atoms. The van der Waals surface area contributed by atoms with Crippen LogP contribution in [0.5, 0.6) is 0 Å². The fourth-order valence-electron chi connectivity index (χ4n) is 2.28. The molecule has 3 nitrogen and oxygen atoms in total. The molecule has 1 aromatic rings. The van der Waals surface area contributed by atoms with Crippen molar-refractivity contribution in [3.63, 3.8) is 0 Å². The number of carbonyl (C=O) groups is 1. The molecule has 0 saturated carbocycles. The first-order valence-electron chi connectivity index (χ1n) is 6.13. The van der Waals surface area contributed by atoms with Gasteiger partial charge in [-0.3, -0.25) is 0 Å². The van der Waals surface area contributed by atoms with Crippen molar-refractivity contribution >= 4 is 23.2 Å². The van der Waals surface area contributed by atoms with E-state index in [0.717, 1.165) is 29.8 Å². The zero-order valence-corrected chi connectivity index (χ0v) is 11.3. The first-order valence-corrected chi connectivity index (χ1v) is 6.54. The minimum absolute atomic E-state index is 0.187. The van der Waals surface area contributed by atoms with Crippen LogP contribution < -0.4 is 0 Å². The zero-order valence-electron chi connectivity index (χ0n) is 10.5. The van der Waals surface area contributed by atoms with Crippen molar-refractivity contribution < 1.29 is 9.53 Å². The second-order valence-corrected chi connectivity index (χ2v) is 4.91. The number of esters is 1. The predicted molar refractivity (Wildman–Crippen MR) is 74.2 cm³/mol. The number of hydrogen-bond donors (Lipinski definition) is 0. The van der Waals surface area contributed by atoms with Crippen molar-refractivity contribution in [1.29, 1.82) is 0 Å². The number of rotatable bonds is 3. The Morgan fingerprint density at radius 1 is 1.44 bits per heavy atom. The van der Waals surface area contributed by atoms with Crippen LogP contribution in [0.4, 0.5) is 0 Å². The normalized spacial score (nSPS) is 19.7. The lowest BCUT2D eigenvalue weighted by Crippen LogP contribution is -2.47. The Morgan fingerprint density at radius 3 is 2.83 bits per heavy atom. The lowest BCUT2D eigenvalue weighted by molar-refractivity contribution is -0.146. The molecule has 1 heterocycles. The predicted octanol–water partition coefficient (Wildman–Crippen LogP) is 2.54. The molecule has 2 rings (SSSR count). The summed E-state index contributed by atoms with van der Waals surface area (Å²) < 4.78 is 4.87. The summed E-state index contributed by atoms with van der Waals surface area (Å²) in [7, 11) is 1.43. The maximum absolute atomic E-state index is 11.8. The summed E-state index contributed by atoms with van der Waals surface area (Å²) in [6.07, 6.45) is 2.67. The van der Waals surface area contributed by atoms with E-state index >= 15 is 0 Å². The molecular formula is C14H17NO2S. The van der Waals surface area contributed by atoms with Gasteiger partial charge in [0.2, 0.25) is 0 Å². The number of thiocarbonyl (C=S) groups is 1. The Hall–Kier alpha value is -1.42. The van der Waals surface area contributed by atoms with Gasteiger partial charge in [-0.05, 0) is 24.8 Å². The van der Waals surface area contributed by atoms with E-state index in [1.54, 1.807) is 0 Å². The molecule has 0 N–H and O–H groups in total. The Kier molecular flexibility index (Phi) is 4.31. The Morgan fingerprint density at radius 2 is 2.17 bits per heavy atom. The molecule has 4 heteroatoms. The van der Waals surface area contributed by atoms with Crippen LogP contribution >= 0.6 is 12.2 Å². The minimum atomic E-state index is -0.226. The fourth-order valence-corrected chi connectivity index (χ4v) is 2.62. The van der Waals surface area contributed by atoms with Gasteiger partial charge in [0.15, 0.2) is 0 Å². The second kappa shape index (κ2) is 5.96. The number of likely N-dealkylation sites (tertiary alicyclic amines) is 1. The van der Waals surface area contributed by atoms with Crippen LogP contribution in [0, 0.1) is 0 Å². The summed E-state index contributed by atoms with van der Waals surface area (Å²) in [5.74, 6) is -0.187. The van der Waals surface area contributed by atoms with E-state index in [4.69, 9.17) is 17.0 Å². The number of nitrogens with zero attached hydrogens (tertiary/aromatic N) is 1. The van der Waals surface area contributed by atoms with Crippen LogP contribution in [0.3, 0.4) is 0 Å². The van der Waals surface area contributed by atoms with Crippen LogP contribution in [-0.2, 0) is 16.1 Å². The summed E-state index contributed by atoms with van der Waals surface area (Å²) in [5.41, 5.74) is 1.16. The molecule has 1 fully saturated rings. The number of ether oxygens (including phenoxy) is 1. The van der Waals surface area contributed by atoms with Crippen molar-refractivity contribution in [2.75, 3.05) is 7.11 Å². The third kappa shape index (κ3) is 2.88. The van der Waals surface area contributed by atoms with E-state index in [1.165, 1.54) is 7.11 Å². The second-order valence-electron chi connectivity index (χ2n) is 4.44. The molecule has 0 aromatic heterocycles. The molecule has 18 heavy (non-hydrogen) atoms. The Bertz CT molecular complexity index is 433. The molecule has 96 valence electrons. The first kappa shape index (κ1) is 13.0. The van der Waals surface area contributed by atoms with E-state index in [9.17, 15) is 4.79 Å². The monoisotopic (exact) mass is 263 g/mol. The van der Waals surface area contributed by atoms with Gasteiger partial charge in [0.05, 0.1) is 12.1 Å². The lowest BCUT2D eigenvalue weighted by Gasteiger charge is -2.36. The van der Waals surface area contributed by atoms with Gasteiger partial charge in [0, 0.05) is 6.54 Å². The standard InChI is InChI=1S/C14H17NO2S/c1-17-14(16)12-8-5-9-13(18)15(12)10-11-6-3-2-4-7-11/h2-4,6-7,12H,5,8-10H2,1H3/t12-/m0/s1. The number of methoxy groups -OCH3 is 1. The molecule has 1 aliphatic rings. The highest BCUT2D eigenvalue weighted by atomic mass is 32.1. The molecule has 0 radical (unpaired) electrons. The highest BCUT2D eigenvalue weighted by Crippen LogP contribution is 2.22. The molecule has 1 aliphatic heterocycles. The van der Waals surface area contributed by atoms with E-state index in [1.807, 2.05) is 35.2 Å². The van der Waals surface area contributed by atoms with Gasteiger partial charge < -0.3 is 9.64 Å². The van der Waals surface area contributed by atoms with Crippen LogP contribution in [0.2, 0.25) is 0 Å². The summed E-state index contributed by atoms with van der Waals surface area (Å²) >= 11 is 5.39. The van der Waals surface area contributed by atoms with Crippen LogP contribution in [0.1, 0.15) is 24.8 Å². The van der Waals surface area contributed by atoms with Crippen molar-refractivity contribution in [2.24, 2.45) is 0 Å². The van der Waals surface area contributed by atoms with Gasteiger partial charge >= 0.3 is 5.97 Å². The number of piperidine rings is 1. The fraction of sp³-hybridized carbons (Fsp3) is 0.429. The maximum Gasteiger partial charge on any atom is 0.328 e. The SMILES string of the molecule is COC(=O)[C@@H]1CCCC(=S)N1Cc1ccccc1. The third-order valence-electron chi connectivity index (χ3n) is 3.23. The zero-order chi connectivity index (χ0) is 13.0. The van der Waals surface area contributed by atoms with Gasteiger partial charge in [-0.25, -0.2) is 4.79 Å². The molecule has 0 spiro atoms. The molecule has 0 aliphatic carbocycles. The van der Waals surface area contributed by atoms with Gasteiger partial charge in [-0.2, -0.15) is 0 Å². The number of benzene rings is 1. The van der Waals surface area contributed by atoms with Crippen molar-refractivity contribution in [2.45, 2.75) is 31.8 Å². The van der Waals surface area contributed by atoms with E-state index in [-0.39, 0.29) is 12.0 Å². The topological polar surface area (TPSA) is 29.5 Å². The highest BCUT2D eigenvalue weighted by Gasteiger charge is 2.31. The summed E-state index contributed by atoms with van der Waals surface area (Å²) in [6, 6.07) is 9.84. The van der Waals surface area contributed by atoms with E-state index < -0.39 is 0 Å². The minimum Gasteiger partial charge on any atom is -0.467 e. The summed E-state index contributed by atoms with van der Waals surface area (Å²) in [6.45, 7) is 0.680. The smallest absolute Gasteiger partial charge is 0.328 e. The lowest BCUT2D eigenvalue weighted by atomic mass is 10.0. The van der Waals surface area contributed by atoms with E-state index in [2.05, 4.69) is 0 Å². The van der Waals surface area contributed by atoms with Gasteiger partial charge in [-0.1, -0.05) is 42.5 Å². The van der Waals surface area contributed by atoms with Gasteiger partial charge in [-0.15, -0.1) is 0 Å². The van der Waals surface area contributed by atoms with E-state index in [0.29, 0.717) is 6.54 Å². The Labute approximate surface area is 113 Å². The third-order valence-corrected chi connectivity index (χ3v) is 3.67. The van der Waals surface area contributed by atoms with Gasteiger partial charge in [0.25, 0.3) is 0 Å². The van der Waals surface area contributed by atoms with Gasteiger partial charge in [0.1, 0.15) is 6.04 Å². The average molecular weight is 263 g/mol.